The van der Waals surface area contributed by atoms with Crippen LogP contribution in [0.5, 0.6) is 11.5 Å². The van der Waals surface area contributed by atoms with Crippen LogP contribution in [0.3, 0.4) is 0 Å². The van der Waals surface area contributed by atoms with Gasteiger partial charge < -0.3 is 19.5 Å². The number of fused-ring (bicyclic) bond motifs is 3. The molecule has 0 unspecified atom stereocenters. The number of carbonyl (C=O) groups excluding carboxylic acids is 1. The van der Waals surface area contributed by atoms with E-state index in [-0.39, 0.29) is 18.8 Å². The van der Waals surface area contributed by atoms with E-state index in [2.05, 4.69) is 5.32 Å². The van der Waals surface area contributed by atoms with Crippen molar-refractivity contribution in [3.05, 3.63) is 17.7 Å². The van der Waals surface area contributed by atoms with Gasteiger partial charge in [-0.2, -0.15) is 0 Å². The number of hydrogen-bond acceptors (Lipinski definition) is 5. The van der Waals surface area contributed by atoms with E-state index < -0.39 is 0 Å². The number of methoxy groups -OCH3 is 1. The normalized spacial score (nSPS) is 20.2. The number of anilines is 1. The lowest BCUT2D eigenvalue weighted by Gasteiger charge is -2.07. The van der Waals surface area contributed by atoms with Gasteiger partial charge in [-0.05, 0) is 12.1 Å². The molecule has 1 atom stereocenters. The standard InChI is InChI=1S/C11H11NO4/c1-14-11(13)8-4-6-7(12-8)2-3-9-10(6)16-5-15-9/h2-3,8,12H,4-5H2,1H3/t8-/m1/s1. The lowest BCUT2D eigenvalue weighted by Crippen LogP contribution is -2.27. The second-order valence-corrected chi connectivity index (χ2v) is 3.75. The summed E-state index contributed by atoms with van der Waals surface area (Å²) in [5.41, 5.74) is 1.91. The van der Waals surface area contributed by atoms with Gasteiger partial charge in [0.25, 0.3) is 0 Å². The monoisotopic (exact) mass is 221 g/mol. The van der Waals surface area contributed by atoms with Gasteiger partial charge in [-0.15, -0.1) is 0 Å². The zero-order valence-corrected chi connectivity index (χ0v) is 8.78. The van der Waals surface area contributed by atoms with Crippen molar-refractivity contribution in [2.75, 3.05) is 19.2 Å². The maximum Gasteiger partial charge on any atom is 0.328 e. The number of ether oxygens (including phenoxy) is 3. The fourth-order valence-electron chi connectivity index (χ4n) is 2.10. The van der Waals surface area contributed by atoms with Gasteiger partial charge in [0.05, 0.1) is 7.11 Å². The van der Waals surface area contributed by atoms with E-state index in [1.54, 1.807) is 0 Å². The van der Waals surface area contributed by atoms with Gasteiger partial charge in [0.1, 0.15) is 6.04 Å². The van der Waals surface area contributed by atoms with Crippen molar-refractivity contribution in [1.29, 1.82) is 0 Å². The maximum atomic E-state index is 11.4. The van der Waals surface area contributed by atoms with Gasteiger partial charge in [-0.3, -0.25) is 0 Å². The summed E-state index contributed by atoms with van der Waals surface area (Å²) in [6.07, 6.45) is 0.578. The van der Waals surface area contributed by atoms with Gasteiger partial charge >= 0.3 is 5.97 Å². The summed E-state index contributed by atoms with van der Waals surface area (Å²) in [5, 5.41) is 3.10. The van der Waals surface area contributed by atoms with Crippen LogP contribution >= 0.6 is 0 Å². The van der Waals surface area contributed by atoms with Crippen LogP contribution in [0.15, 0.2) is 12.1 Å². The quantitative estimate of drug-likeness (QED) is 0.715. The van der Waals surface area contributed by atoms with E-state index in [4.69, 9.17) is 14.2 Å². The Kier molecular flexibility index (Phi) is 1.92. The van der Waals surface area contributed by atoms with Crippen LogP contribution in [0.25, 0.3) is 0 Å². The molecule has 0 bridgehead atoms. The molecule has 0 aliphatic carbocycles. The summed E-state index contributed by atoms with van der Waals surface area (Å²) in [4.78, 5) is 11.4. The Hall–Kier alpha value is -1.91. The molecular formula is C11H11NO4. The average Bonchev–Trinajstić information content (AvgIpc) is 2.92. The zero-order chi connectivity index (χ0) is 11.1. The maximum absolute atomic E-state index is 11.4. The van der Waals surface area contributed by atoms with Crippen LogP contribution < -0.4 is 14.8 Å². The van der Waals surface area contributed by atoms with Crippen LogP contribution in [0.1, 0.15) is 5.56 Å². The molecule has 0 amide bonds. The van der Waals surface area contributed by atoms with Gasteiger partial charge in [0.2, 0.25) is 6.79 Å². The highest BCUT2D eigenvalue weighted by Gasteiger charge is 2.32. The molecule has 0 spiro atoms. The number of benzene rings is 1. The van der Waals surface area contributed by atoms with Gasteiger partial charge in [-0.25, -0.2) is 4.79 Å². The minimum absolute atomic E-state index is 0.245. The summed E-state index contributed by atoms with van der Waals surface area (Å²) < 4.78 is 15.4. The topological polar surface area (TPSA) is 56.8 Å². The zero-order valence-electron chi connectivity index (χ0n) is 8.78. The van der Waals surface area contributed by atoms with Gasteiger partial charge in [0, 0.05) is 17.7 Å². The fraction of sp³-hybridized carbons (Fsp3) is 0.364. The van der Waals surface area contributed by atoms with E-state index in [1.807, 2.05) is 12.1 Å². The molecule has 2 aliphatic rings. The van der Waals surface area contributed by atoms with Crippen LogP contribution in [0.4, 0.5) is 5.69 Å². The predicted molar refractivity (Wildman–Crippen MR) is 55.7 cm³/mol. The molecule has 2 aliphatic heterocycles. The molecule has 5 nitrogen and oxygen atoms in total. The minimum atomic E-state index is -0.323. The third-order valence-electron chi connectivity index (χ3n) is 2.87. The highest BCUT2D eigenvalue weighted by molar-refractivity contribution is 5.84. The summed E-state index contributed by atoms with van der Waals surface area (Å²) in [6, 6.07) is 3.41. The highest BCUT2D eigenvalue weighted by Crippen LogP contribution is 2.43. The number of carbonyl (C=O) groups is 1. The molecule has 16 heavy (non-hydrogen) atoms. The lowest BCUT2D eigenvalue weighted by atomic mass is 10.1. The summed E-state index contributed by atoms with van der Waals surface area (Å²) in [5.74, 6) is 1.23. The van der Waals surface area contributed by atoms with Crippen LogP contribution in [0, 0.1) is 0 Å². The Morgan fingerprint density at radius 1 is 1.50 bits per heavy atom. The largest absolute Gasteiger partial charge is 0.467 e. The second-order valence-electron chi connectivity index (χ2n) is 3.75. The molecule has 1 aromatic rings. The summed E-state index contributed by atoms with van der Waals surface area (Å²) in [7, 11) is 1.39. The van der Waals surface area contributed by atoms with Crippen molar-refractivity contribution in [3.8, 4) is 11.5 Å². The molecule has 3 rings (SSSR count). The Morgan fingerprint density at radius 3 is 3.19 bits per heavy atom. The Bertz CT molecular complexity index is 458. The minimum Gasteiger partial charge on any atom is -0.467 e. The van der Waals surface area contributed by atoms with Crippen molar-refractivity contribution in [3.63, 3.8) is 0 Å². The molecular weight excluding hydrogens is 210 g/mol. The first-order valence-corrected chi connectivity index (χ1v) is 5.05. The van der Waals surface area contributed by atoms with E-state index in [0.29, 0.717) is 6.42 Å². The first-order chi connectivity index (χ1) is 7.79. The number of hydrogen-bond donors (Lipinski definition) is 1. The van der Waals surface area contributed by atoms with E-state index in [1.165, 1.54) is 7.11 Å². The molecule has 1 aromatic carbocycles. The van der Waals surface area contributed by atoms with E-state index in [9.17, 15) is 4.79 Å². The number of rotatable bonds is 1. The van der Waals surface area contributed by atoms with E-state index >= 15 is 0 Å². The van der Waals surface area contributed by atoms with Crippen molar-refractivity contribution in [2.45, 2.75) is 12.5 Å². The third kappa shape index (κ3) is 1.21. The molecule has 0 saturated carbocycles. The van der Waals surface area contributed by atoms with Crippen LogP contribution in [-0.2, 0) is 16.0 Å². The van der Waals surface area contributed by atoms with Crippen molar-refractivity contribution in [1.82, 2.24) is 0 Å². The molecule has 0 radical (unpaired) electrons. The molecule has 0 aromatic heterocycles. The number of nitrogens with one attached hydrogen (secondary N) is 1. The lowest BCUT2D eigenvalue weighted by molar-refractivity contribution is -0.141. The summed E-state index contributed by atoms with van der Waals surface area (Å²) >= 11 is 0. The van der Waals surface area contributed by atoms with Crippen LogP contribution in [-0.4, -0.2) is 25.9 Å². The molecule has 2 heterocycles. The van der Waals surface area contributed by atoms with Crippen molar-refractivity contribution >= 4 is 11.7 Å². The Labute approximate surface area is 92.3 Å². The predicted octanol–water partition coefficient (Wildman–Crippen LogP) is 0.925. The SMILES string of the molecule is COC(=O)[C@H]1Cc2c(ccc3c2OCO3)N1. The van der Waals surface area contributed by atoms with Crippen molar-refractivity contribution < 1.29 is 19.0 Å². The molecule has 0 fully saturated rings. The number of esters is 1. The average molecular weight is 221 g/mol. The Balaban J connectivity index is 1.95. The van der Waals surface area contributed by atoms with Crippen LogP contribution in [0.2, 0.25) is 0 Å². The molecule has 5 heteroatoms. The molecule has 1 N–H and O–H groups in total. The van der Waals surface area contributed by atoms with Gasteiger partial charge in [0.15, 0.2) is 11.5 Å². The first-order valence-electron chi connectivity index (χ1n) is 5.05. The first kappa shape index (κ1) is 9.33. The van der Waals surface area contributed by atoms with Crippen molar-refractivity contribution in [2.24, 2.45) is 0 Å². The Morgan fingerprint density at radius 2 is 2.38 bits per heavy atom. The summed E-state index contributed by atoms with van der Waals surface area (Å²) in [6.45, 7) is 0.245. The third-order valence-corrected chi connectivity index (χ3v) is 2.87. The second kappa shape index (κ2) is 3.30. The van der Waals surface area contributed by atoms with Gasteiger partial charge in [-0.1, -0.05) is 0 Å². The molecule has 84 valence electrons. The van der Waals surface area contributed by atoms with E-state index in [0.717, 1.165) is 22.7 Å². The smallest absolute Gasteiger partial charge is 0.328 e. The fourth-order valence-corrected chi connectivity index (χ4v) is 2.10. The molecule has 0 saturated heterocycles. The highest BCUT2D eigenvalue weighted by atomic mass is 16.7.